The summed E-state index contributed by atoms with van der Waals surface area (Å²) in [7, 11) is 1.66. The van der Waals surface area contributed by atoms with Crippen LogP contribution in [0.3, 0.4) is 0 Å². The second kappa shape index (κ2) is 10.2. The van der Waals surface area contributed by atoms with Gasteiger partial charge in [-0.1, -0.05) is 13.8 Å². The predicted octanol–water partition coefficient (Wildman–Crippen LogP) is 4.11. The molecule has 0 radical (unpaired) electrons. The highest BCUT2D eigenvalue weighted by atomic mass is 32.1. The highest BCUT2D eigenvalue weighted by molar-refractivity contribution is 7.13. The minimum absolute atomic E-state index is 0.107. The van der Waals surface area contributed by atoms with Gasteiger partial charge in [-0.2, -0.15) is 5.26 Å². The van der Waals surface area contributed by atoms with E-state index in [4.69, 9.17) is 10.00 Å². The Labute approximate surface area is 199 Å². The molecule has 9 heteroatoms. The van der Waals surface area contributed by atoms with Gasteiger partial charge in [-0.15, -0.1) is 21.5 Å². The summed E-state index contributed by atoms with van der Waals surface area (Å²) in [5.41, 5.74) is 0. The number of nitrogens with one attached hydrogen (secondary N) is 1. The SMILES string of the molecule is COc1ccc([C@H](CCN2[C@@H]3CC[C@H]2CC(n2c(C)nnc2C(C)C)C3)NC(=O)CC#N)s1. The first-order valence-corrected chi connectivity index (χ1v) is 12.7. The molecule has 2 aromatic rings. The van der Waals surface area contributed by atoms with Crippen LogP contribution in [-0.4, -0.2) is 51.3 Å². The summed E-state index contributed by atoms with van der Waals surface area (Å²) in [5.74, 6) is 2.25. The third-order valence-corrected chi connectivity index (χ3v) is 8.19. The van der Waals surface area contributed by atoms with Crippen LogP contribution in [0.2, 0.25) is 0 Å². The molecule has 2 bridgehead atoms. The largest absolute Gasteiger partial charge is 0.487 e. The van der Waals surface area contributed by atoms with E-state index in [-0.39, 0.29) is 18.4 Å². The van der Waals surface area contributed by atoms with Crippen molar-refractivity contribution in [2.75, 3.05) is 13.7 Å². The quantitative estimate of drug-likeness (QED) is 0.592. The Balaban J connectivity index is 1.44. The monoisotopic (exact) mass is 470 g/mol. The summed E-state index contributed by atoms with van der Waals surface area (Å²) >= 11 is 1.55. The van der Waals surface area contributed by atoms with E-state index in [1.54, 1.807) is 18.4 Å². The van der Waals surface area contributed by atoms with Crippen LogP contribution < -0.4 is 10.1 Å². The van der Waals surface area contributed by atoms with E-state index in [1.165, 1.54) is 12.8 Å². The molecule has 4 heterocycles. The molecule has 4 atom stereocenters. The van der Waals surface area contributed by atoms with Gasteiger partial charge in [0.1, 0.15) is 18.1 Å². The third kappa shape index (κ3) is 5.07. The molecule has 8 nitrogen and oxygen atoms in total. The molecule has 2 saturated heterocycles. The highest BCUT2D eigenvalue weighted by Gasteiger charge is 2.42. The van der Waals surface area contributed by atoms with Gasteiger partial charge in [-0.05, 0) is 51.2 Å². The molecular weight excluding hydrogens is 436 g/mol. The van der Waals surface area contributed by atoms with Crippen molar-refractivity contribution < 1.29 is 9.53 Å². The normalized spacial score (nSPS) is 23.5. The number of rotatable bonds is 9. The van der Waals surface area contributed by atoms with Crippen molar-refractivity contribution in [3.8, 4) is 11.1 Å². The molecule has 2 aliphatic heterocycles. The third-order valence-electron chi connectivity index (χ3n) is 7.03. The molecule has 33 heavy (non-hydrogen) atoms. The maximum atomic E-state index is 12.2. The number of amides is 1. The fraction of sp³-hybridized carbons (Fsp3) is 0.667. The Morgan fingerprint density at radius 3 is 2.61 bits per heavy atom. The van der Waals surface area contributed by atoms with Crippen LogP contribution in [0.25, 0.3) is 0 Å². The Kier molecular flexibility index (Phi) is 7.35. The molecule has 1 N–H and O–H groups in total. The molecule has 2 fully saturated rings. The highest BCUT2D eigenvalue weighted by Crippen LogP contribution is 2.42. The number of hydrogen-bond donors (Lipinski definition) is 1. The predicted molar refractivity (Wildman–Crippen MR) is 127 cm³/mol. The maximum absolute atomic E-state index is 12.2. The van der Waals surface area contributed by atoms with Crippen LogP contribution in [0.15, 0.2) is 12.1 Å². The van der Waals surface area contributed by atoms with E-state index >= 15 is 0 Å². The van der Waals surface area contributed by atoms with Gasteiger partial charge in [0.25, 0.3) is 0 Å². The van der Waals surface area contributed by atoms with E-state index in [9.17, 15) is 4.79 Å². The summed E-state index contributed by atoms with van der Waals surface area (Å²) < 4.78 is 7.73. The summed E-state index contributed by atoms with van der Waals surface area (Å²) in [6, 6.07) is 7.34. The first kappa shape index (κ1) is 23.7. The van der Waals surface area contributed by atoms with E-state index in [2.05, 4.69) is 45.8 Å². The van der Waals surface area contributed by atoms with Crippen molar-refractivity contribution in [1.82, 2.24) is 25.0 Å². The minimum Gasteiger partial charge on any atom is -0.487 e. The van der Waals surface area contributed by atoms with E-state index in [0.717, 1.165) is 47.4 Å². The zero-order valence-corrected chi connectivity index (χ0v) is 20.8. The molecular formula is C24H34N6O2S. The Bertz CT molecular complexity index is 995. The molecule has 0 spiro atoms. The number of carbonyl (C=O) groups is 1. The van der Waals surface area contributed by atoms with Crippen LogP contribution >= 0.6 is 11.3 Å². The molecule has 1 unspecified atom stereocenters. The van der Waals surface area contributed by atoms with Gasteiger partial charge in [0.05, 0.1) is 19.2 Å². The molecule has 0 saturated carbocycles. The van der Waals surface area contributed by atoms with E-state index in [1.807, 2.05) is 18.2 Å². The van der Waals surface area contributed by atoms with Crippen LogP contribution in [0, 0.1) is 18.3 Å². The maximum Gasteiger partial charge on any atom is 0.234 e. The number of carbonyl (C=O) groups excluding carboxylic acids is 1. The number of hydrogen-bond acceptors (Lipinski definition) is 7. The molecule has 2 aromatic heterocycles. The number of nitriles is 1. The Hall–Kier alpha value is -2.44. The van der Waals surface area contributed by atoms with Gasteiger partial charge in [-0.25, -0.2) is 0 Å². The summed E-state index contributed by atoms with van der Waals surface area (Å²) in [6.07, 6.45) is 5.38. The van der Waals surface area contributed by atoms with Gasteiger partial charge >= 0.3 is 0 Å². The van der Waals surface area contributed by atoms with Crippen LogP contribution in [0.1, 0.15) is 86.9 Å². The van der Waals surface area contributed by atoms with Crippen LogP contribution in [0.5, 0.6) is 5.06 Å². The van der Waals surface area contributed by atoms with Crippen molar-refractivity contribution in [1.29, 1.82) is 5.26 Å². The summed E-state index contributed by atoms with van der Waals surface area (Å²) in [4.78, 5) is 15.9. The lowest BCUT2D eigenvalue weighted by molar-refractivity contribution is -0.120. The lowest BCUT2D eigenvalue weighted by atomic mass is 9.95. The summed E-state index contributed by atoms with van der Waals surface area (Å²) in [5, 5.41) is 21.6. The van der Waals surface area contributed by atoms with Crippen molar-refractivity contribution in [2.24, 2.45) is 0 Å². The lowest BCUT2D eigenvalue weighted by Crippen LogP contribution is -2.45. The first-order chi connectivity index (χ1) is 15.9. The van der Waals surface area contributed by atoms with Gasteiger partial charge in [-0.3, -0.25) is 9.69 Å². The number of fused-ring (bicyclic) bond motifs is 2. The van der Waals surface area contributed by atoms with Gasteiger partial charge in [0.15, 0.2) is 5.06 Å². The standard InChI is InChI=1S/C24H34N6O2S/c1-15(2)24-28-27-16(3)30(24)19-13-17-5-6-18(14-19)29(17)12-10-20(26-22(31)9-11-25)21-7-8-23(32-4)33-21/h7-8,15,17-20H,5-6,9-10,12-14H2,1-4H3,(H,26,31)/t17-,18+,19?,20-/m0/s1. The lowest BCUT2D eigenvalue weighted by Gasteiger charge is -2.40. The molecule has 0 aromatic carbocycles. The second-order valence-corrected chi connectivity index (χ2v) is 10.6. The average molecular weight is 471 g/mol. The first-order valence-electron chi connectivity index (χ1n) is 11.9. The number of ether oxygens (including phenoxy) is 1. The second-order valence-electron chi connectivity index (χ2n) is 9.48. The smallest absolute Gasteiger partial charge is 0.234 e. The van der Waals surface area contributed by atoms with Crippen LogP contribution in [0.4, 0.5) is 0 Å². The van der Waals surface area contributed by atoms with Gasteiger partial charge < -0.3 is 14.6 Å². The van der Waals surface area contributed by atoms with Crippen molar-refractivity contribution >= 4 is 17.2 Å². The zero-order chi connectivity index (χ0) is 23.5. The number of aryl methyl sites for hydroxylation is 1. The van der Waals surface area contributed by atoms with Crippen molar-refractivity contribution in [3.05, 3.63) is 28.7 Å². The zero-order valence-electron chi connectivity index (χ0n) is 20.0. The molecule has 1 amide bonds. The number of aromatic nitrogens is 3. The van der Waals surface area contributed by atoms with Crippen LogP contribution in [-0.2, 0) is 4.79 Å². The number of piperidine rings is 1. The fourth-order valence-corrected chi connectivity index (χ4v) is 6.47. The van der Waals surface area contributed by atoms with Gasteiger partial charge in [0, 0.05) is 35.5 Å². The molecule has 4 rings (SSSR count). The van der Waals surface area contributed by atoms with Gasteiger partial charge in [0.2, 0.25) is 5.91 Å². The molecule has 0 aliphatic carbocycles. The van der Waals surface area contributed by atoms with Crippen molar-refractivity contribution in [2.45, 2.75) is 89.4 Å². The molecule has 2 aliphatic rings. The van der Waals surface area contributed by atoms with E-state index in [0.29, 0.717) is 24.0 Å². The number of methoxy groups -OCH3 is 1. The summed E-state index contributed by atoms with van der Waals surface area (Å²) in [6.45, 7) is 7.36. The van der Waals surface area contributed by atoms with Crippen molar-refractivity contribution in [3.63, 3.8) is 0 Å². The fourth-order valence-electron chi connectivity index (χ4n) is 5.56. The molecule has 178 valence electrons. The Morgan fingerprint density at radius 2 is 2.00 bits per heavy atom. The average Bonchev–Trinajstić information content (AvgIpc) is 3.47. The minimum atomic E-state index is -0.221. The number of thiophene rings is 1. The topological polar surface area (TPSA) is 96.1 Å². The number of nitrogens with zero attached hydrogens (tertiary/aromatic N) is 5. The Morgan fingerprint density at radius 1 is 1.27 bits per heavy atom. The van der Waals surface area contributed by atoms with E-state index < -0.39 is 0 Å².